The van der Waals surface area contributed by atoms with Gasteiger partial charge in [0.1, 0.15) is 5.75 Å². The van der Waals surface area contributed by atoms with E-state index >= 15 is 0 Å². The minimum Gasteiger partial charge on any atom is -0.481 e. The molecular formula is C24H23F3N2O4S. The molecule has 0 spiro atoms. The molecule has 0 aromatic heterocycles. The summed E-state index contributed by atoms with van der Waals surface area (Å²) >= 11 is 0. The van der Waals surface area contributed by atoms with E-state index in [4.69, 9.17) is 4.74 Å². The molecule has 0 saturated heterocycles. The average molecular weight is 493 g/mol. The van der Waals surface area contributed by atoms with Crippen LogP contribution in [0.4, 0.5) is 24.5 Å². The van der Waals surface area contributed by atoms with Crippen molar-refractivity contribution in [3.8, 4) is 5.75 Å². The first kappa shape index (κ1) is 25.1. The predicted molar refractivity (Wildman–Crippen MR) is 123 cm³/mol. The fourth-order valence-corrected chi connectivity index (χ4v) is 4.14. The lowest BCUT2D eigenvalue weighted by Crippen LogP contribution is -2.32. The zero-order chi connectivity index (χ0) is 24.9. The van der Waals surface area contributed by atoms with E-state index < -0.39 is 33.8 Å². The number of ether oxygens (including phenoxy) is 1. The van der Waals surface area contributed by atoms with E-state index in [9.17, 15) is 26.4 Å². The number of carbonyl (C=O) groups is 1. The van der Waals surface area contributed by atoms with E-state index in [1.165, 1.54) is 30.3 Å². The van der Waals surface area contributed by atoms with E-state index in [-0.39, 0.29) is 10.6 Å². The summed E-state index contributed by atoms with van der Waals surface area (Å²) in [6.45, 7) is 3.71. The third kappa shape index (κ3) is 6.50. The maximum absolute atomic E-state index is 12.9. The maximum atomic E-state index is 12.9. The second-order valence-electron chi connectivity index (χ2n) is 7.53. The van der Waals surface area contributed by atoms with Crippen LogP contribution in [-0.2, 0) is 21.0 Å². The number of benzene rings is 3. The first-order valence-corrected chi connectivity index (χ1v) is 11.8. The molecule has 0 bridgehead atoms. The van der Waals surface area contributed by atoms with Crippen LogP contribution in [0.1, 0.15) is 24.5 Å². The molecule has 1 amide bonds. The van der Waals surface area contributed by atoms with Gasteiger partial charge < -0.3 is 10.1 Å². The van der Waals surface area contributed by atoms with Crippen LogP contribution >= 0.6 is 0 Å². The van der Waals surface area contributed by atoms with Gasteiger partial charge in [-0.05, 0) is 73.5 Å². The second kappa shape index (κ2) is 10.2. The van der Waals surface area contributed by atoms with Gasteiger partial charge in [-0.2, -0.15) is 13.2 Å². The van der Waals surface area contributed by atoms with Gasteiger partial charge in [-0.1, -0.05) is 25.1 Å². The minimum absolute atomic E-state index is 0.175. The number of halogens is 3. The lowest BCUT2D eigenvalue weighted by molar-refractivity contribution is -0.137. The Kier molecular flexibility index (Phi) is 7.51. The normalized spacial score (nSPS) is 12.6. The van der Waals surface area contributed by atoms with Crippen molar-refractivity contribution in [1.29, 1.82) is 0 Å². The van der Waals surface area contributed by atoms with E-state index in [0.29, 0.717) is 23.9 Å². The Morgan fingerprint density at radius 3 is 2.26 bits per heavy atom. The zero-order valence-corrected chi connectivity index (χ0v) is 19.2. The summed E-state index contributed by atoms with van der Waals surface area (Å²) in [6.07, 6.45) is -4.94. The van der Waals surface area contributed by atoms with Crippen molar-refractivity contribution in [2.75, 3.05) is 10.0 Å². The molecule has 0 saturated carbocycles. The van der Waals surface area contributed by atoms with Crippen molar-refractivity contribution < 1.29 is 31.1 Å². The number of nitrogens with one attached hydrogen (secondary N) is 2. The Morgan fingerprint density at radius 1 is 0.971 bits per heavy atom. The highest BCUT2D eigenvalue weighted by atomic mass is 32.2. The van der Waals surface area contributed by atoms with Crippen molar-refractivity contribution in [2.24, 2.45) is 0 Å². The van der Waals surface area contributed by atoms with Crippen LogP contribution in [0.2, 0.25) is 0 Å². The van der Waals surface area contributed by atoms with Gasteiger partial charge in [0.2, 0.25) is 0 Å². The molecule has 3 aromatic rings. The summed E-state index contributed by atoms with van der Waals surface area (Å²) in [5.74, 6) is 0.158. The standard InChI is InChI=1S/C24H23F3N2O4S/c1-3-22(33-20-9-4-6-16(2)14-20)23(30)28-18-10-12-21(13-11-18)34(31,32)29-19-8-5-7-17(15-19)24(25,26)27/h4-15,22,29H,3H2,1-2H3,(H,28,30). The molecule has 34 heavy (non-hydrogen) atoms. The van der Waals surface area contributed by atoms with Gasteiger partial charge in [-0.15, -0.1) is 0 Å². The molecule has 6 nitrogen and oxygen atoms in total. The second-order valence-corrected chi connectivity index (χ2v) is 9.21. The van der Waals surface area contributed by atoms with Crippen LogP contribution in [-0.4, -0.2) is 20.4 Å². The Morgan fingerprint density at radius 2 is 1.65 bits per heavy atom. The summed E-state index contributed by atoms with van der Waals surface area (Å²) < 4.78 is 71.7. The smallest absolute Gasteiger partial charge is 0.416 e. The summed E-state index contributed by atoms with van der Waals surface area (Å²) in [5, 5.41) is 2.68. The number of sulfonamides is 1. The Bertz CT molecular complexity index is 1260. The molecule has 0 aliphatic carbocycles. The third-order valence-electron chi connectivity index (χ3n) is 4.81. The Labute approximate surface area is 195 Å². The summed E-state index contributed by atoms with van der Waals surface area (Å²) in [4.78, 5) is 12.4. The number of hydrogen-bond donors (Lipinski definition) is 2. The molecule has 0 heterocycles. The number of rotatable bonds is 8. The number of carbonyl (C=O) groups excluding carboxylic acids is 1. The van der Waals surface area contributed by atoms with E-state index in [2.05, 4.69) is 10.0 Å². The molecule has 10 heteroatoms. The van der Waals surface area contributed by atoms with E-state index in [1.54, 1.807) is 13.0 Å². The van der Waals surface area contributed by atoms with Crippen LogP contribution in [0.15, 0.2) is 77.7 Å². The number of hydrogen-bond acceptors (Lipinski definition) is 4. The number of aryl methyl sites for hydroxylation is 1. The number of anilines is 2. The molecule has 1 atom stereocenters. The van der Waals surface area contributed by atoms with Crippen LogP contribution in [0.25, 0.3) is 0 Å². The molecule has 2 N–H and O–H groups in total. The predicted octanol–water partition coefficient (Wildman–Crippen LogP) is 5.61. The monoisotopic (exact) mass is 492 g/mol. The summed E-state index contributed by atoms with van der Waals surface area (Å²) in [7, 11) is -4.14. The molecule has 1 unspecified atom stereocenters. The van der Waals surface area contributed by atoms with Crippen LogP contribution in [0.5, 0.6) is 5.75 Å². The highest BCUT2D eigenvalue weighted by molar-refractivity contribution is 7.92. The topological polar surface area (TPSA) is 84.5 Å². The molecule has 180 valence electrons. The molecular weight excluding hydrogens is 469 g/mol. The van der Waals surface area contributed by atoms with Gasteiger partial charge >= 0.3 is 6.18 Å². The van der Waals surface area contributed by atoms with Crippen molar-refractivity contribution in [1.82, 2.24) is 0 Å². The number of amides is 1. The Hall–Kier alpha value is -3.53. The van der Waals surface area contributed by atoms with Gasteiger partial charge in [0, 0.05) is 11.4 Å². The molecule has 3 aromatic carbocycles. The fraction of sp³-hybridized carbons (Fsp3) is 0.208. The van der Waals surface area contributed by atoms with Crippen molar-refractivity contribution in [2.45, 2.75) is 37.4 Å². The summed E-state index contributed by atoms with van der Waals surface area (Å²) in [6, 6.07) is 16.5. The van der Waals surface area contributed by atoms with E-state index in [1.807, 2.05) is 25.1 Å². The van der Waals surface area contributed by atoms with Crippen molar-refractivity contribution in [3.63, 3.8) is 0 Å². The van der Waals surface area contributed by atoms with Crippen molar-refractivity contribution >= 4 is 27.3 Å². The van der Waals surface area contributed by atoms with E-state index in [0.717, 1.165) is 17.7 Å². The first-order chi connectivity index (χ1) is 16.0. The highest BCUT2D eigenvalue weighted by Crippen LogP contribution is 2.31. The van der Waals surface area contributed by atoms with Crippen LogP contribution in [0, 0.1) is 6.92 Å². The van der Waals surface area contributed by atoms with Gasteiger partial charge in [0.25, 0.3) is 15.9 Å². The minimum atomic E-state index is -4.60. The fourth-order valence-electron chi connectivity index (χ4n) is 3.09. The maximum Gasteiger partial charge on any atom is 0.416 e. The molecule has 3 rings (SSSR count). The largest absolute Gasteiger partial charge is 0.481 e. The summed E-state index contributed by atoms with van der Waals surface area (Å²) in [5.41, 5.74) is 0.146. The lowest BCUT2D eigenvalue weighted by atomic mass is 10.2. The SMILES string of the molecule is CCC(Oc1cccc(C)c1)C(=O)Nc1ccc(S(=O)(=O)Nc2cccc(C(F)(F)F)c2)cc1. The van der Waals surface area contributed by atoms with Gasteiger partial charge in [0.05, 0.1) is 10.5 Å². The quantitative estimate of drug-likeness (QED) is 0.428. The van der Waals surface area contributed by atoms with Gasteiger partial charge in [0.15, 0.2) is 6.10 Å². The Balaban J connectivity index is 1.68. The third-order valence-corrected chi connectivity index (χ3v) is 6.20. The molecule has 0 aliphatic heterocycles. The lowest BCUT2D eigenvalue weighted by Gasteiger charge is -2.18. The van der Waals surface area contributed by atoms with Gasteiger partial charge in [-0.3, -0.25) is 9.52 Å². The van der Waals surface area contributed by atoms with Gasteiger partial charge in [-0.25, -0.2) is 8.42 Å². The number of alkyl halides is 3. The molecule has 0 aliphatic rings. The molecule has 0 radical (unpaired) electrons. The van der Waals surface area contributed by atoms with Crippen LogP contribution < -0.4 is 14.8 Å². The van der Waals surface area contributed by atoms with Crippen molar-refractivity contribution in [3.05, 3.63) is 83.9 Å². The van der Waals surface area contributed by atoms with Crippen LogP contribution in [0.3, 0.4) is 0 Å². The highest BCUT2D eigenvalue weighted by Gasteiger charge is 2.30. The zero-order valence-electron chi connectivity index (χ0n) is 18.4. The first-order valence-electron chi connectivity index (χ1n) is 10.3. The molecule has 0 fully saturated rings. The average Bonchev–Trinajstić information content (AvgIpc) is 2.77.